The summed E-state index contributed by atoms with van der Waals surface area (Å²) < 4.78 is 27.8. The predicted molar refractivity (Wildman–Crippen MR) is 161 cm³/mol. The van der Waals surface area contributed by atoms with Crippen molar-refractivity contribution in [2.24, 2.45) is 0 Å². The molecule has 0 aliphatic rings. The Morgan fingerprint density at radius 3 is 2.33 bits per heavy atom. The van der Waals surface area contributed by atoms with Crippen molar-refractivity contribution < 1.29 is 23.8 Å². The van der Waals surface area contributed by atoms with E-state index in [1.54, 1.807) is 62.7 Å². The number of nitrogen functional groups attached to an aromatic ring is 1. The first kappa shape index (κ1) is 30.8. The van der Waals surface area contributed by atoms with Crippen molar-refractivity contribution in [3.63, 3.8) is 0 Å². The van der Waals surface area contributed by atoms with Crippen LogP contribution < -0.4 is 15.2 Å². The van der Waals surface area contributed by atoms with Crippen LogP contribution in [0.4, 0.5) is 10.2 Å². The number of carboxylic acid groups (broad SMARTS) is 1. The molecule has 0 atom stereocenters. The molecule has 3 aromatic heterocycles. The molecule has 0 amide bonds. The number of ether oxygens (including phenoxy) is 2. The van der Waals surface area contributed by atoms with Crippen molar-refractivity contribution in [2.75, 3.05) is 26.4 Å². The van der Waals surface area contributed by atoms with Crippen molar-refractivity contribution in [2.45, 2.75) is 33.3 Å². The molecule has 3 N–H and O–H groups in total. The molecule has 12 heteroatoms. The van der Waals surface area contributed by atoms with Crippen LogP contribution in [0.15, 0.2) is 67.3 Å². The van der Waals surface area contributed by atoms with E-state index in [2.05, 4.69) is 28.8 Å². The van der Waals surface area contributed by atoms with Crippen LogP contribution >= 0.6 is 0 Å². The number of likely N-dealkylation sites (N-methyl/N-ethyl adjacent to an activating group) is 1. The molecule has 0 fully saturated rings. The maximum Gasteiger partial charge on any atom is 0.317 e. The molecule has 5 aromatic rings. The average Bonchev–Trinajstić information content (AvgIpc) is 3.34. The van der Waals surface area contributed by atoms with Crippen LogP contribution in [-0.2, 0) is 11.4 Å². The number of nitrogens with two attached hydrogens (primary N) is 1. The van der Waals surface area contributed by atoms with Gasteiger partial charge in [0.2, 0.25) is 0 Å². The highest BCUT2D eigenvalue weighted by Crippen LogP contribution is 2.33. The summed E-state index contributed by atoms with van der Waals surface area (Å²) in [6, 6.07) is 11.6. The highest BCUT2D eigenvalue weighted by Gasteiger charge is 2.18. The van der Waals surface area contributed by atoms with Crippen LogP contribution in [0.1, 0.15) is 37.0 Å². The summed E-state index contributed by atoms with van der Waals surface area (Å²) in [5, 5.41) is 8.04. The van der Waals surface area contributed by atoms with Gasteiger partial charge in [0, 0.05) is 60.0 Å². The molecule has 0 bridgehead atoms. The molecular weight excluding hydrogens is 553 g/mol. The Kier molecular flexibility index (Phi) is 9.83. The molecule has 5 rings (SSSR count). The number of halogens is 1. The molecule has 0 radical (unpaired) electrons. The average molecular weight is 588 g/mol. The maximum absolute atomic E-state index is 14.2. The number of hydrogen-bond donors (Lipinski definition) is 2. The molecule has 11 nitrogen and oxygen atoms in total. The van der Waals surface area contributed by atoms with Gasteiger partial charge in [0.25, 0.3) is 0 Å². The molecule has 0 spiro atoms. The minimum Gasteiger partial charge on any atom is -0.489 e. The van der Waals surface area contributed by atoms with Gasteiger partial charge >= 0.3 is 5.97 Å². The van der Waals surface area contributed by atoms with Crippen molar-refractivity contribution in [3.05, 3.63) is 90.3 Å². The summed E-state index contributed by atoms with van der Waals surface area (Å²) in [4.78, 5) is 28.7. The molecule has 0 aliphatic carbocycles. The van der Waals surface area contributed by atoms with Crippen molar-refractivity contribution >= 4 is 17.3 Å². The van der Waals surface area contributed by atoms with Gasteiger partial charge in [0.1, 0.15) is 58.3 Å². The van der Waals surface area contributed by atoms with Gasteiger partial charge in [-0.2, -0.15) is 0 Å². The molecule has 3 heterocycles. The minimum absolute atomic E-state index is 0.111. The summed E-state index contributed by atoms with van der Waals surface area (Å²) in [5.74, 6) is 2.15. The van der Waals surface area contributed by atoms with Crippen LogP contribution in [0.25, 0.3) is 16.8 Å². The van der Waals surface area contributed by atoms with Crippen molar-refractivity contribution in [1.29, 1.82) is 0 Å². The SMILES string of the molecule is CN(C)CC(=O)O.Cc1ncc(COc2cc(F)cc(Oc3ccc(-c4nc(C(C)C)n5ccnc(N)c45)cc3)c2)cn1. The van der Waals surface area contributed by atoms with Gasteiger partial charge in [-0.1, -0.05) is 13.8 Å². The standard InChI is InChI=1S/C27H25FN6O2.C4H9NO2/c1-16(2)27-33-24(25-26(29)30-8-9-34(25)27)19-4-6-21(7-5-19)36-23-11-20(28)10-22(12-23)35-15-18-13-31-17(3)32-14-18;1-5(2)3-4(6)7/h4-14,16H,15H2,1-3H3,(H2,29,30);3H2,1-2H3,(H,6,7). The van der Waals surface area contributed by atoms with Gasteiger partial charge in [-0.15, -0.1) is 0 Å². The van der Waals surface area contributed by atoms with E-state index in [1.807, 2.05) is 22.7 Å². The fourth-order valence-electron chi connectivity index (χ4n) is 4.12. The third kappa shape index (κ3) is 8.23. The van der Waals surface area contributed by atoms with Crippen molar-refractivity contribution in [1.82, 2.24) is 29.2 Å². The number of hydrogen-bond acceptors (Lipinski definition) is 9. The number of nitrogens with zero attached hydrogens (tertiary/aromatic N) is 6. The molecule has 224 valence electrons. The quantitative estimate of drug-likeness (QED) is 0.232. The minimum atomic E-state index is -0.787. The van der Waals surface area contributed by atoms with Gasteiger partial charge in [-0.3, -0.25) is 14.1 Å². The van der Waals surface area contributed by atoms with Crippen LogP contribution in [0.2, 0.25) is 0 Å². The van der Waals surface area contributed by atoms with E-state index in [9.17, 15) is 9.18 Å². The lowest BCUT2D eigenvalue weighted by molar-refractivity contribution is -0.137. The second-order valence-electron chi connectivity index (χ2n) is 10.3. The van der Waals surface area contributed by atoms with Gasteiger partial charge in [-0.05, 0) is 45.3 Å². The number of carboxylic acids is 1. The largest absolute Gasteiger partial charge is 0.489 e. The van der Waals surface area contributed by atoms with Gasteiger partial charge in [0.05, 0.1) is 6.54 Å². The summed E-state index contributed by atoms with van der Waals surface area (Å²) >= 11 is 0. The topological polar surface area (TPSA) is 141 Å². The number of rotatable bonds is 9. The van der Waals surface area contributed by atoms with Crippen LogP contribution in [0.5, 0.6) is 17.2 Å². The number of aromatic nitrogens is 5. The first-order valence-corrected chi connectivity index (χ1v) is 13.5. The summed E-state index contributed by atoms with van der Waals surface area (Å²) in [6.07, 6.45) is 6.89. The Bertz CT molecular complexity index is 1690. The monoisotopic (exact) mass is 587 g/mol. The Morgan fingerprint density at radius 1 is 1.05 bits per heavy atom. The highest BCUT2D eigenvalue weighted by atomic mass is 19.1. The maximum atomic E-state index is 14.2. The van der Waals surface area contributed by atoms with Gasteiger partial charge in [-0.25, -0.2) is 24.3 Å². The fraction of sp³-hybridized carbons (Fsp3) is 0.258. The smallest absolute Gasteiger partial charge is 0.317 e. The normalized spacial score (nSPS) is 11.0. The van der Waals surface area contributed by atoms with E-state index in [1.165, 1.54) is 12.1 Å². The first-order chi connectivity index (χ1) is 20.5. The van der Waals surface area contributed by atoms with Crippen molar-refractivity contribution in [3.8, 4) is 28.5 Å². The second kappa shape index (κ2) is 13.7. The lowest BCUT2D eigenvalue weighted by Gasteiger charge is -2.10. The molecule has 0 unspecified atom stereocenters. The number of aliphatic carboxylic acids is 1. The Morgan fingerprint density at radius 2 is 1.72 bits per heavy atom. The van der Waals surface area contributed by atoms with E-state index in [-0.39, 0.29) is 19.1 Å². The summed E-state index contributed by atoms with van der Waals surface area (Å²) in [7, 11) is 3.43. The first-order valence-electron chi connectivity index (χ1n) is 13.5. The Balaban J connectivity index is 0.000000541. The van der Waals surface area contributed by atoms with E-state index in [4.69, 9.17) is 25.3 Å². The molecule has 43 heavy (non-hydrogen) atoms. The highest BCUT2D eigenvalue weighted by molar-refractivity contribution is 5.85. The zero-order valence-corrected chi connectivity index (χ0v) is 24.7. The molecule has 2 aromatic carbocycles. The van der Waals surface area contributed by atoms with Crippen LogP contribution in [0, 0.1) is 12.7 Å². The van der Waals surface area contributed by atoms with E-state index >= 15 is 0 Å². The Labute approximate surface area is 248 Å². The van der Waals surface area contributed by atoms with Crippen LogP contribution in [-0.4, -0.2) is 61.0 Å². The second-order valence-corrected chi connectivity index (χ2v) is 10.3. The molecule has 0 saturated carbocycles. The number of anilines is 1. The summed E-state index contributed by atoms with van der Waals surface area (Å²) in [6.45, 7) is 6.29. The number of benzene rings is 2. The van der Waals surface area contributed by atoms with Gasteiger partial charge in [0.15, 0.2) is 0 Å². The zero-order valence-electron chi connectivity index (χ0n) is 24.7. The predicted octanol–water partition coefficient (Wildman–Crippen LogP) is 5.34. The Hall–Kier alpha value is -5.10. The van der Waals surface area contributed by atoms with E-state index < -0.39 is 11.8 Å². The third-order valence-corrected chi connectivity index (χ3v) is 6.03. The van der Waals surface area contributed by atoms with E-state index in [0.29, 0.717) is 28.9 Å². The van der Waals surface area contributed by atoms with Gasteiger partial charge < -0.3 is 20.3 Å². The number of fused-ring (bicyclic) bond motifs is 1. The third-order valence-electron chi connectivity index (χ3n) is 6.03. The number of aryl methyl sites for hydroxylation is 1. The zero-order chi connectivity index (χ0) is 31.1. The fourth-order valence-corrected chi connectivity index (χ4v) is 4.12. The lowest BCUT2D eigenvalue weighted by atomic mass is 10.1. The van der Waals surface area contributed by atoms with Crippen LogP contribution in [0.3, 0.4) is 0 Å². The van der Waals surface area contributed by atoms with E-state index in [0.717, 1.165) is 28.2 Å². The lowest BCUT2D eigenvalue weighted by Crippen LogP contribution is -2.20. The number of imidazole rings is 1. The molecule has 0 saturated heterocycles. The number of carbonyl (C=O) groups is 1. The summed E-state index contributed by atoms with van der Waals surface area (Å²) in [5.41, 5.74) is 9.35. The molecule has 0 aliphatic heterocycles. The molecular formula is C31H34FN7O4.